The lowest BCUT2D eigenvalue weighted by molar-refractivity contribution is -0.0266. The summed E-state index contributed by atoms with van der Waals surface area (Å²) in [6, 6.07) is 15.6. The van der Waals surface area contributed by atoms with E-state index in [0.717, 1.165) is 22.3 Å². The second-order valence-electron chi connectivity index (χ2n) is 9.11. The minimum absolute atomic E-state index is 0.0511. The highest BCUT2D eigenvalue weighted by atomic mass is 16.5. The van der Waals surface area contributed by atoms with E-state index in [1.54, 1.807) is 13.1 Å². The quantitative estimate of drug-likeness (QED) is 0.610. The Morgan fingerprint density at radius 2 is 1.88 bits per heavy atom. The van der Waals surface area contributed by atoms with Crippen molar-refractivity contribution >= 4 is 6.02 Å². The molecule has 1 unspecified atom stereocenters. The van der Waals surface area contributed by atoms with E-state index in [1.807, 2.05) is 62.5 Å². The summed E-state index contributed by atoms with van der Waals surface area (Å²) in [7, 11) is 0. The van der Waals surface area contributed by atoms with E-state index in [2.05, 4.69) is 11.1 Å². The van der Waals surface area contributed by atoms with Crippen LogP contribution >= 0.6 is 0 Å². The van der Waals surface area contributed by atoms with Crippen LogP contribution in [-0.4, -0.2) is 34.9 Å². The van der Waals surface area contributed by atoms with E-state index in [9.17, 15) is 5.11 Å². The van der Waals surface area contributed by atoms with Gasteiger partial charge in [-0.15, -0.1) is 0 Å². The van der Waals surface area contributed by atoms with Gasteiger partial charge in [-0.05, 0) is 54.8 Å². The summed E-state index contributed by atoms with van der Waals surface area (Å²) in [5, 5.41) is 10.6. The number of aliphatic imine (C=N–C) groups is 1. The highest BCUT2D eigenvalue weighted by molar-refractivity contribution is 5.78. The second-order valence-corrected chi connectivity index (χ2v) is 9.11. The number of amidine groups is 1. The molecule has 3 aromatic rings. The highest BCUT2D eigenvalue weighted by Crippen LogP contribution is 2.52. The maximum Gasteiger partial charge on any atom is 0.283 e. The third kappa shape index (κ3) is 3.68. The van der Waals surface area contributed by atoms with Crippen LogP contribution in [0.25, 0.3) is 11.1 Å². The van der Waals surface area contributed by atoms with E-state index in [-0.39, 0.29) is 25.2 Å². The van der Waals surface area contributed by atoms with Crippen LogP contribution in [0.5, 0.6) is 17.2 Å². The molecule has 0 saturated carbocycles. The third-order valence-corrected chi connectivity index (χ3v) is 6.54. The minimum atomic E-state index is -0.950. The third-order valence-electron chi connectivity index (χ3n) is 6.54. The van der Waals surface area contributed by atoms with Crippen LogP contribution in [-0.2, 0) is 10.3 Å². The molecule has 0 bridgehead atoms. The first kappa shape index (κ1) is 21.3. The van der Waals surface area contributed by atoms with Gasteiger partial charge in [0.05, 0.1) is 5.60 Å². The summed E-state index contributed by atoms with van der Waals surface area (Å²) in [6.45, 7) is 6.12. The Balaban J connectivity index is 1.58. The van der Waals surface area contributed by atoms with Gasteiger partial charge in [0.1, 0.15) is 30.5 Å². The van der Waals surface area contributed by atoms with Crippen LogP contribution in [0.1, 0.15) is 31.9 Å². The Morgan fingerprint density at radius 3 is 2.55 bits per heavy atom. The first-order valence-electron chi connectivity index (χ1n) is 11.0. The Labute approximate surface area is 192 Å². The molecule has 0 amide bonds. The van der Waals surface area contributed by atoms with Crippen LogP contribution in [0.15, 0.2) is 65.9 Å². The van der Waals surface area contributed by atoms with Crippen molar-refractivity contribution in [3.05, 3.63) is 72.1 Å². The van der Waals surface area contributed by atoms with Gasteiger partial charge in [-0.3, -0.25) is 4.98 Å². The van der Waals surface area contributed by atoms with Gasteiger partial charge in [-0.25, -0.2) is 4.99 Å². The van der Waals surface area contributed by atoms with E-state index in [1.165, 1.54) is 0 Å². The number of ether oxygens (including phenoxy) is 3. The van der Waals surface area contributed by atoms with Gasteiger partial charge in [-0.2, -0.15) is 0 Å². The van der Waals surface area contributed by atoms with Crippen molar-refractivity contribution in [1.82, 2.24) is 4.98 Å². The molecule has 2 atom stereocenters. The second kappa shape index (κ2) is 7.78. The van der Waals surface area contributed by atoms with Crippen LogP contribution < -0.4 is 15.2 Å². The smallest absolute Gasteiger partial charge is 0.283 e. The number of rotatable bonds is 5. The van der Waals surface area contributed by atoms with Gasteiger partial charge in [0.2, 0.25) is 0 Å². The van der Waals surface area contributed by atoms with Crippen LogP contribution in [0.2, 0.25) is 0 Å². The summed E-state index contributed by atoms with van der Waals surface area (Å²) >= 11 is 0. The SMILES string of the molecule is CC(C)C(C)(O)COc1ccc2c(c1)[C@]1(COC(N)=N1)c1cc(-c3cccnc3)ccc1O2. The summed E-state index contributed by atoms with van der Waals surface area (Å²) in [6.07, 6.45) is 3.57. The molecule has 0 fully saturated rings. The van der Waals surface area contributed by atoms with Crippen molar-refractivity contribution < 1.29 is 19.3 Å². The molecule has 5 rings (SSSR count). The molecule has 2 aliphatic heterocycles. The lowest BCUT2D eigenvalue weighted by atomic mass is 9.80. The predicted molar refractivity (Wildman–Crippen MR) is 126 cm³/mol. The number of benzene rings is 2. The lowest BCUT2D eigenvalue weighted by Crippen LogP contribution is -2.38. The molecule has 7 heteroatoms. The minimum Gasteiger partial charge on any atom is -0.491 e. The van der Waals surface area contributed by atoms with Crippen LogP contribution in [0.4, 0.5) is 0 Å². The molecule has 0 saturated heterocycles. The van der Waals surface area contributed by atoms with Gasteiger partial charge >= 0.3 is 0 Å². The highest BCUT2D eigenvalue weighted by Gasteiger charge is 2.47. The lowest BCUT2D eigenvalue weighted by Gasteiger charge is -2.34. The summed E-state index contributed by atoms with van der Waals surface area (Å²) in [5.41, 5.74) is 7.85. The largest absolute Gasteiger partial charge is 0.491 e. The number of nitrogens with zero attached hydrogens (tertiary/aromatic N) is 2. The van der Waals surface area contributed by atoms with Gasteiger partial charge in [0.25, 0.3) is 6.02 Å². The summed E-state index contributed by atoms with van der Waals surface area (Å²) < 4.78 is 17.9. The number of hydrogen-bond acceptors (Lipinski definition) is 7. The Kier molecular flexibility index (Phi) is 5.01. The zero-order valence-corrected chi connectivity index (χ0v) is 18.9. The molecule has 170 valence electrons. The van der Waals surface area contributed by atoms with Crippen LogP contribution in [0, 0.1) is 5.92 Å². The average molecular weight is 446 g/mol. The maximum absolute atomic E-state index is 10.6. The fourth-order valence-electron chi connectivity index (χ4n) is 4.03. The monoisotopic (exact) mass is 445 g/mol. The number of fused-ring (bicyclic) bond motifs is 4. The molecular weight excluding hydrogens is 418 g/mol. The fourth-order valence-corrected chi connectivity index (χ4v) is 4.03. The van der Waals surface area contributed by atoms with Crippen molar-refractivity contribution in [2.45, 2.75) is 31.9 Å². The van der Waals surface area contributed by atoms with Crippen molar-refractivity contribution in [2.75, 3.05) is 13.2 Å². The molecule has 1 aromatic heterocycles. The van der Waals surface area contributed by atoms with E-state index in [4.69, 9.17) is 24.9 Å². The summed E-state index contributed by atoms with van der Waals surface area (Å²) in [5.74, 6) is 2.04. The molecule has 7 nitrogen and oxygen atoms in total. The zero-order chi connectivity index (χ0) is 23.2. The number of hydrogen-bond donors (Lipinski definition) is 2. The first-order chi connectivity index (χ1) is 15.8. The Bertz CT molecular complexity index is 1220. The van der Waals surface area contributed by atoms with Gasteiger partial charge in [-0.1, -0.05) is 26.0 Å². The number of aromatic nitrogens is 1. The van der Waals surface area contributed by atoms with Gasteiger partial charge < -0.3 is 25.1 Å². The average Bonchev–Trinajstić information content (AvgIpc) is 3.20. The van der Waals surface area contributed by atoms with Gasteiger partial charge in [0, 0.05) is 29.1 Å². The normalized spacial score (nSPS) is 20.3. The van der Waals surface area contributed by atoms with Crippen molar-refractivity contribution in [3.63, 3.8) is 0 Å². The molecule has 3 heterocycles. The van der Waals surface area contributed by atoms with E-state index in [0.29, 0.717) is 17.2 Å². The van der Waals surface area contributed by atoms with E-state index >= 15 is 0 Å². The zero-order valence-electron chi connectivity index (χ0n) is 18.9. The molecule has 33 heavy (non-hydrogen) atoms. The number of pyridine rings is 1. The fraction of sp³-hybridized carbons (Fsp3) is 0.308. The molecule has 2 aromatic carbocycles. The topological polar surface area (TPSA) is 99.2 Å². The maximum atomic E-state index is 10.6. The van der Waals surface area contributed by atoms with Crippen molar-refractivity contribution in [2.24, 2.45) is 16.6 Å². The molecule has 1 spiro atoms. The predicted octanol–water partition coefficient (Wildman–Crippen LogP) is 4.23. The van der Waals surface area contributed by atoms with Gasteiger partial charge in [0.15, 0.2) is 5.54 Å². The van der Waals surface area contributed by atoms with Crippen molar-refractivity contribution in [1.29, 1.82) is 0 Å². The molecule has 3 N–H and O–H groups in total. The standard InChI is InChI=1S/C26H27N3O4/c1-16(2)25(3,30)14-31-19-7-9-23-21(12-19)26(15-32-24(27)29-26)20-11-17(6-8-22(20)33-23)18-5-4-10-28-13-18/h4-13,16,30H,14-15H2,1-3H3,(H2,27,29)/t25?,26-/m0/s1. The van der Waals surface area contributed by atoms with Crippen molar-refractivity contribution in [3.8, 4) is 28.4 Å². The molecule has 0 radical (unpaired) electrons. The number of aliphatic hydroxyl groups is 1. The first-order valence-corrected chi connectivity index (χ1v) is 11.0. The Hall–Kier alpha value is -3.58. The van der Waals surface area contributed by atoms with Crippen LogP contribution in [0.3, 0.4) is 0 Å². The van der Waals surface area contributed by atoms with E-state index < -0.39 is 11.1 Å². The number of nitrogens with two attached hydrogens (primary N) is 1. The summed E-state index contributed by atoms with van der Waals surface area (Å²) in [4.78, 5) is 8.98. The molecule has 0 aliphatic carbocycles. The molecular formula is C26H27N3O4. The Morgan fingerprint density at radius 1 is 1.12 bits per heavy atom. The molecule has 2 aliphatic rings.